The van der Waals surface area contributed by atoms with Crippen molar-refractivity contribution in [3.63, 3.8) is 0 Å². The molecule has 0 amide bonds. The van der Waals surface area contributed by atoms with Crippen molar-refractivity contribution in [3.05, 3.63) is 52.5 Å². The lowest BCUT2D eigenvalue weighted by molar-refractivity contribution is 0.111. The summed E-state index contributed by atoms with van der Waals surface area (Å²) < 4.78 is 16.0. The number of hydrogen-bond donors (Lipinski definition) is 0. The van der Waals surface area contributed by atoms with Gasteiger partial charge in [-0.3, -0.25) is 4.79 Å². The molecule has 0 heterocycles. The van der Waals surface area contributed by atoms with Crippen LogP contribution in [-0.2, 0) is 6.61 Å². The fourth-order valence-electron chi connectivity index (χ4n) is 1.89. The van der Waals surface area contributed by atoms with Gasteiger partial charge in [0.25, 0.3) is 0 Å². The number of carbonyl (C=O) groups is 1. The first kappa shape index (κ1) is 15.2. The Bertz CT molecular complexity index is 640. The molecular weight excluding hydrogens is 292 g/mol. The molecule has 0 aromatic heterocycles. The second-order valence-electron chi connectivity index (χ2n) is 4.27. The molecule has 0 saturated carbocycles. The van der Waals surface area contributed by atoms with Gasteiger partial charge in [-0.15, -0.1) is 0 Å². The van der Waals surface area contributed by atoms with Crippen molar-refractivity contribution in [1.82, 2.24) is 0 Å². The number of aldehydes is 1. The fourth-order valence-corrected chi connectivity index (χ4v) is 2.09. The van der Waals surface area contributed by atoms with Crippen LogP contribution in [0.5, 0.6) is 17.2 Å². The third-order valence-electron chi connectivity index (χ3n) is 2.97. The quantitative estimate of drug-likeness (QED) is 0.762. The van der Waals surface area contributed by atoms with Gasteiger partial charge in [0, 0.05) is 10.6 Å². The van der Waals surface area contributed by atoms with Gasteiger partial charge in [0.2, 0.25) is 0 Å². The van der Waals surface area contributed by atoms with Gasteiger partial charge in [-0.2, -0.15) is 0 Å². The maximum atomic E-state index is 11.1. The van der Waals surface area contributed by atoms with E-state index in [1.807, 2.05) is 0 Å². The summed E-state index contributed by atoms with van der Waals surface area (Å²) in [7, 11) is 3.12. The maximum absolute atomic E-state index is 11.1. The predicted octanol–water partition coefficient (Wildman–Crippen LogP) is 3.75. The molecule has 4 nitrogen and oxygen atoms in total. The minimum atomic E-state index is 0.247. The monoisotopic (exact) mass is 306 g/mol. The summed E-state index contributed by atoms with van der Waals surface area (Å²) in [4.78, 5) is 11.1. The van der Waals surface area contributed by atoms with Crippen LogP contribution in [0, 0.1) is 0 Å². The summed E-state index contributed by atoms with van der Waals surface area (Å²) >= 11 is 5.97. The van der Waals surface area contributed by atoms with Crippen molar-refractivity contribution >= 4 is 17.9 Å². The Morgan fingerprint density at radius 2 is 1.81 bits per heavy atom. The number of carbonyl (C=O) groups excluding carboxylic acids is 1. The number of rotatable bonds is 6. The van der Waals surface area contributed by atoms with Crippen LogP contribution in [0.1, 0.15) is 15.9 Å². The van der Waals surface area contributed by atoms with Crippen LogP contribution in [0.15, 0.2) is 36.4 Å². The lowest BCUT2D eigenvalue weighted by Crippen LogP contribution is -2.01. The molecule has 0 aliphatic rings. The predicted molar refractivity (Wildman–Crippen MR) is 80.7 cm³/mol. The largest absolute Gasteiger partial charge is 0.497 e. The van der Waals surface area contributed by atoms with Gasteiger partial charge in [0.05, 0.1) is 19.8 Å². The van der Waals surface area contributed by atoms with Gasteiger partial charge in [-0.05, 0) is 36.4 Å². The molecule has 0 atom stereocenters. The van der Waals surface area contributed by atoms with Crippen LogP contribution in [0.3, 0.4) is 0 Å². The zero-order valence-corrected chi connectivity index (χ0v) is 12.5. The van der Waals surface area contributed by atoms with Crippen molar-refractivity contribution in [2.75, 3.05) is 14.2 Å². The van der Waals surface area contributed by atoms with Crippen LogP contribution in [0.2, 0.25) is 5.02 Å². The van der Waals surface area contributed by atoms with E-state index >= 15 is 0 Å². The van der Waals surface area contributed by atoms with Gasteiger partial charge in [0.15, 0.2) is 6.29 Å². The molecule has 0 fully saturated rings. The minimum absolute atomic E-state index is 0.247. The van der Waals surface area contributed by atoms with Crippen molar-refractivity contribution in [3.8, 4) is 17.2 Å². The normalized spacial score (nSPS) is 10.0. The van der Waals surface area contributed by atoms with Crippen LogP contribution in [-0.4, -0.2) is 20.5 Å². The van der Waals surface area contributed by atoms with Crippen LogP contribution in [0.4, 0.5) is 0 Å². The summed E-state index contributed by atoms with van der Waals surface area (Å²) in [6, 6.07) is 10.3. The second kappa shape index (κ2) is 6.99. The Hall–Kier alpha value is -2.20. The molecule has 0 bridgehead atoms. The van der Waals surface area contributed by atoms with Crippen LogP contribution in [0.25, 0.3) is 0 Å². The average Bonchev–Trinajstić information content (AvgIpc) is 2.52. The molecule has 110 valence electrons. The molecule has 0 aliphatic carbocycles. The van der Waals surface area contributed by atoms with Gasteiger partial charge >= 0.3 is 0 Å². The molecule has 0 aliphatic heterocycles. The summed E-state index contributed by atoms with van der Waals surface area (Å²) in [6.45, 7) is 0.247. The third kappa shape index (κ3) is 3.67. The highest BCUT2D eigenvalue weighted by molar-refractivity contribution is 6.30. The lowest BCUT2D eigenvalue weighted by atomic mass is 10.2. The molecule has 0 saturated heterocycles. The highest BCUT2D eigenvalue weighted by atomic mass is 35.5. The Morgan fingerprint density at radius 3 is 2.48 bits per heavy atom. The molecule has 2 aromatic rings. The fraction of sp³-hybridized carbons (Fsp3) is 0.188. The van der Waals surface area contributed by atoms with Gasteiger partial charge in [0.1, 0.15) is 23.9 Å². The summed E-state index contributed by atoms with van der Waals surface area (Å²) in [5, 5.41) is 0.597. The Kier molecular flexibility index (Phi) is 5.06. The highest BCUT2D eigenvalue weighted by Gasteiger charge is 2.08. The Morgan fingerprint density at radius 1 is 1.05 bits per heavy atom. The van der Waals surface area contributed by atoms with E-state index in [9.17, 15) is 4.79 Å². The van der Waals surface area contributed by atoms with Crippen molar-refractivity contribution in [1.29, 1.82) is 0 Å². The summed E-state index contributed by atoms with van der Waals surface area (Å²) in [5.74, 6) is 1.76. The van der Waals surface area contributed by atoms with E-state index in [2.05, 4.69) is 0 Å². The molecule has 0 spiro atoms. The van der Waals surface area contributed by atoms with E-state index in [1.54, 1.807) is 50.6 Å². The van der Waals surface area contributed by atoms with Crippen molar-refractivity contribution in [2.45, 2.75) is 6.61 Å². The summed E-state index contributed by atoms with van der Waals surface area (Å²) in [6.07, 6.45) is 0.729. The molecule has 5 heteroatoms. The van der Waals surface area contributed by atoms with E-state index in [0.717, 1.165) is 11.8 Å². The number of hydrogen-bond acceptors (Lipinski definition) is 4. The third-order valence-corrected chi connectivity index (χ3v) is 3.20. The number of benzene rings is 2. The van der Waals surface area contributed by atoms with E-state index in [0.29, 0.717) is 27.8 Å². The van der Waals surface area contributed by atoms with E-state index < -0.39 is 0 Å². The first-order valence-electron chi connectivity index (χ1n) is 6.26. The smallest absolute Gasteiger partial charge is 0.153 e. The molecule has 0 N–H and O–H groups in total. The first-order valence-corrected chi connectivity index (χ1v) is 6.64. The topological polar surface area (TPSA) is 44.8 Å². The maximum Gasteiger partial charge on any atom is 0.153 e. The first-order chi connectivity index (χ1) is 10.2. The Balaban J connectivity index is 2.20. The molecule has 2 aromatic carbocycles. The van der Waals surface area contributed by atoms with Gasteiger partial charge in [-0.25, -0.2) is 0 Å². The molecule has 2 rings (SSSR count). The van der Waals surface area contributed by atoms with Crippen molar-refractivity contribution in [2.24, 2.45) is 0 Å². The molecule has 0 unspecified atom stereocenters. The van der Waals surface area contributed by atoms with Gasteiger partial charge < -0.3 is 14.2 Å². The molecule has 0 radical (unpaired) electrons. The SMILES string of the molecule is COc1ccc(OCc2cc(Cl)ccc2OC)c(C=O)c1. The zero-order valence-electron chi connectivity index (χ0n) is 11.8. The highest BCUT2D eigenvalue weighted by Crippen LogP contribution is 2.27. The van der Waals surface area contributed by atoms with Crippen LogP contribution >= 0.6 is 11.6 Å². The zero-order chi connectivity index (χ0) is 15.2. The number of methoxy groups -OCH3 is 2. The average molecular weight is 307 g/mol. The van der Waals surface area contributed by atoms with E-state index in [4.69, 9.17) is 25.8 Å². The minimum Gasteiger partial charge on any atom is -0.497 e. The lowest BCUT2D eigenvalue weighted by Gasteiger charge is -2.12. The number of ether oxygens (including phenoxy) is 3. The molecular formula is C16H15ClO4. The van der Waals surface area contributed by atoms with Gasteiger partial charge in [-0.1, -0.05) is 11.6 Å². The van der Waals surface area contributed by atoms with Crippen molar-refractivity contribution < 1.29 is 19.0 Å². The molecule has 21 heavy (non-hydrogen) atoms. The van der Waals surface area contributed by atoms with E-state index in [-0.39, 0.29) is 6.61 Å². The standard InChI is InChI=1S/C16H15ClO4/c1-19-14-4-6-16(11(8-14)9-18)21-10-12-7-13(17)3-5-15(12)20-2/h3-9H,10H2,1-2H3. The summed E-state index contributed by atoms with van der Waals surface area (Å²) in [5.41, 5.74) is 1.23. The second-order valence-corrected chi connectivity index (χ2v) is 4.70. The number of halogens is 1. The van der Waals surface area contributed by atoms with E-state index in [1.165, 1.54) is 0 Å². The Labute approximate surface area is 128 Å². The van der Waals surface area contributed by atoms with Crippen LogP contribution < -0.4 is 14.2 Å².